The van der Waals surface area contributed by atoms with Gasteiger partial charge in [-0.1, -0.05) is 13.3 Å². The van der Waals surface area contributed by atoms with Crippen molar-refractivity contribution in [2.75, 3.05) is 6.61 Å². The molecule has 0 amide bonds. The van der Waals surface area contributed by atoms with Crippen molar-refractivity contribution in [1.29, 1.82) is 0 Å². The Hall–Kier alpha value is -0.780. The number of ether oxygens (including phenoxy) is 1. The topological polar surface area (TPSA) is 29.5 Å². The van der Waals surface area contributed by atoms with Crippen LogP contribution in [-0.2, 0) is 4.74 Å². The van der Waals surface area contributed by atoms with Gasteiger partial charge in [-0.3, -0.25) is 0 Å². The van der Waals surface area contributed by atoms with Crippen molar-refractivity contribution >= 4 is 0 Å². The van der Waals surface area contributed by atoms with Crippen LogP contribution < -0.4 is 0 Å². The fourth-order valence-electron chi connectivity index (χ4n) is 1.65. The van der Waals surface area contributed by atoms with E-state index >= 15 is 0 Å². The summed E-state index contributed by atoms with van der Waals surface area (Å²) in [5.41, 5.74) is -6.67. The SMILES string of the molecule is CCCC(F)(F)C(F)(C(F)(F)OCC[CH]O)C(F)(F)C(F)(F)F. The molecule has 0 aliphatic rings. The van der Waals surface area contributed by atoms with Crippen molar-refractivity contribution in [3.05, 3.63) is 6.61 Å². The maximum absolute atomic E-state index is 14.1. The average molecular weight is 367 g/mol. The van der Waals surface area contributed by atoms with E-state index in [9.17, 15) is 43.9 Å². The van der Waals surface area contributed by atoms with Crippen molar-refractivity contribution in [3.63, 3.8) is 0 Å². The first-order chi connectivity index (χ1) is 10.1. The maximum atomic E-state index is 14.1. The molecule has 1 unspecified atom stereocenters. The molecular weight excluding hydrogens is 354 g/mol. The normalized spacial score (nSPS) is 17.2. The van der Waals surface area contributed by atoms with E-state index in [2.05, 4.69) is 4.74 Å². The summed E-state index contributed by atoms with van der Waals surface area (Å²) in [6.07, 6.45) is -16.9. The lowest BCUT2D eigenvalue weighted by Gasteiger charge is -2.42. The Morgan fingerprint density at radius 1 is 0.913 bits per heavy atom. The first-order valence-electron chi connectivity index (χ1n) is 6.11. The highest BCUT2D eigenvalue weighted by Gasteiger charge is 2.89. The van der Waals surface area contributed by atoms with Crippen LogP contribution in [0.5, 0.6) is 0 Å². The highest BCUT2D eigenvalue weighted by molar-refractivity contribution is 5.12. The number of hydrogen-bond donors (Lipinski definition) is 1. The van der Waals surface area contributed by atoms with Gasteiger partial charge >= 0.3 is 23.9 Å². The Labute approximate surface area is 124 Å². The Bertz CT molecular complexity index is 381. The van der Waals surface area contributed by atoms with Crippen LogP contribution in [0, 0.1) is 6.61 Å². The number of alkyl halides is 10. The average Bonchev–Trinajstić information content (AvgIpc) is 2.35. The van der Waals surface area contributed by atoms with Crippen molar-refractivity contribution in [3.8, 4) is 0 Å². The highest BCUT2D eigenvalue weighted by atomic mass is 19.4. The molecule has 2 nitrogen and oxygen atoms in total. The fourth-order valence-corrected chi connectivity index (χ4v) is 1.65. The second kappa shape index (κ2) is 6.99. The van der Waals surface area contributed by atoms with Crippen molar-refractivity contribution in [2.24, 2.45) is 0 Å². The molecule has 0 saturated heterocycles. The standard InChI is InChI=1S/C11H13F10O2/c1-2-4-7(12,13)8(14,9(15,16)10(17,18)19)11(20,21)23-6-3-5-22/h5,22H,2-4,6H2,1H3. The highest BCUT2D eigenvalue weighted by Crippen LogP contribution is 2.59. The van der Waals surface area contributed by atoms with Crippen LogP contribution in [0.4, 0.5) is 43.9 Å². The van der Waals surface area contributed by atoms with Gasteiger partial charge < -0.3 is 9.84 Å². The number of rotatable bonds is 9. The Balaban J connectivity index is 6.11. The van der Waals surface area contributed by atoms with Gasteiger partial charge in [0.05, 0.1) is 13.2 Å². The Morgan fingerprint density at radius 3 is 1.74 bits per heavy atom. The van der Waals surface area contributed by atoms with E-state index in [0.717, 1.165) is 6.92 Å². The van der Waals surface area contributed by atoms with Crippen LogP contribution in [0.25, 0.3) is 0 Å². The third kappa shape index (κ3) is 3.83. The molecule has 139 valence electrons. The minimum Gasteiger partial charge on any atom is -0.390 e. The summed E-state index contributed by atoms with van der Waals surface area (Å²) in [5, 5.41) is 8.18. The second-order valence-electron chi connectivity index (χ2n) is 4.52. The van der Waals surface area contributed by atoms with Crippen molar-refractivity contribution in [1.82, 2.24) is 0 Å². The van der Waals surface area contributed by atoms with Crippen LogP contribution in [0.15, 0.2) is 0 Å². The summed E-state index contributed by atoms with van der Waals surface area (Å²) < 4.78 is 134. The molecule has 0 heterocycles. The third-order valence-corrected chi connectivity index (χ3v) is 2.79. The van der Waals surface area contributed by atoms with E-state index in [4.69, 9.17) is 5.11 Å². The molecule has 0 aliphatic heterocycles. The van der Waals surface area contributed by atoms with Crippen LogP contribution in [0.1, 0.15) is 26.2 Å². The zero-order valence-corrected chi connectivity index (χ0v) is 11.5. The van der Waals surface area contributed by atoms with E-state index < -0.39 is 55.7 Å². The van der Waals surface area contributed by atoms with Crippen molar-refractivity contribution in [2.45, 2.75) is 56.0 Å². The zero-order valence-electron chi connectivity index (χ0n) is 11.5. The number of halogens is 10. The van der Waals surface area contributed by atoms with Crippen LogP contribution in [0.3, 0.4) is 0 Å². The zero-order chi connectivity index (χ0) is 18.7. The molecule has 0 aliphatic carbocycles. The number of aliphatic hydroxyl groups is 1. The third-order valence-electron chi connectivity index (χ3n) is 2.79. The minimum absolute atomic E-state index is 0.141. The second-order valence-corrected chi connectivity index (χ2v) is 4.52. The molecule has 23 heavy (non-hydrogen) atoms. The summed E-state index contributed by atoms with van der Waals surface area (Å²) >= 11 is 0. The quantitative estimate of drug-likeness (QED) is 0.466. The van der Waals surface area contributed by atoms with E-state index in [0.29, 0.717) is 0 Å². The molecule has 1 N–H and O–H groups in total. The van der Waals surface area contributed by atoms with E-state index in [-0.39, 0.29) is 6.61 Å². The first kappa shape index (κ1) is 22.2. The van der Waals surface area contributed by atoms with Gasteiger partial charge in [0, 0.05) is 6.42 Å². The molecule has 0 aromatic heterocycles. The molecule has 12 heteroatoms. The van der Waals surface area contributed by atoms with Crippen LogP contribution in [-0.4, -0.2) is 41.5 Å². The molecule has 0 aromatic rings. The summed E-state index contributed by atoms with van der Waals surface area (Å²) in [6, 6.07) is 0. The molecule has 0 aromatic carbocycles. The summed E-state index contributed by atoms with van der Waals surface area (Å²) in [5.74, 6) is -12.9. The number of aliphatic hydroxyl groups excluding tert-OH is 1. The molecule has 0 bridgehead atoms. The Morgan fingerprint density at radius 2 is 1.39 bits per heavy atom. The van der Waals surface area contributed by atoms with Crippen LogP contribution in [0.2, 0.25) is 0 Å². The van der Waals surface area contributed by atoms with Gasteiger partial charge in [-0.05, 0) is 6.42 Å². The molecule has 0 saturated carbocycles. The largest absolute Gasteiger partial charge is 0.457 e. The van der Waals surface area contributed by atoms with Gasteiger partial charge in [0.1, 0.15) is 0 Å². The van der Waals surface area contributed by atoms with Gasteiger partial charge in [-0.25, -0.2) is 13.2 Å². The lowest BCUT2D eigenvalue weighted by Crippen LogP contribution is -2.72. The monoisotopic (exact) mass is 367 g/mol. The summed E-state index contributed by atoms with van der Waals surface area (Å²) in [7, 11) is 0. The van der Waals surface area contributed by atoms with Crippen LogP contribution >= 0.6 is 0 Å². The van der Waals surface area contributed by atoms with E-state index in [1.165, 1.54) is 0 Å². The lowest BCUT2D eigenvalue weighted by molar-refractivity contribution is -0.446. The smallest absolute Gasteiger partial charge is 0.390 e. The predicted octanol–water partition coefficient (Wildman–Crippen LogP) is 4.86. The molecule has 0 rings (SSSR count). The molecular formula is C11H13F10O2. The van der Waals surface area contributed by atoms with E-state index in [1.807, 2.05) is 0 Å². The maximum Gasteiger partial charge on any atom is 0.457 e. The van der Waals surface area contributed by atoms with Gasteiger partial charge in [-0.2, -0.15) is 30.7 Å². The van der Waals surface area contributed by atoms with Gasteiger partial charge in [0.2, 0.25) is 0 Å². The summed E-state index contributed by atoms with van der Waals surface area (Å²) in [4.78, 5) is 0. The minimum atomic E-state index is -7.11. The molecule has 1 radical (unpaired) electrons. The predicted molar refractivity (Wildman–Crippen MR) is 56.4 cm³/mol. The van der Waals surface area contributed by atoms with Gasteiger partial charge in [0.25, 0.3) is 5.92 Å². The van der Waals surface area contributed by atoms with Crippen molar-refractivity contribution < 1.29 is 53.7 Å². The van der Waals surface area contributed by atoms with Gasteiger partial charge in [-0.15, -0.1) is 0 Å². The van der Waals surface area contributed by atoms with E-state index in [1.54, 1.807) is 0 Å². The fraction of sp³-hybridized carbons (Fsp3) is 0.909. The molecule has 0 fully saturated rings. The molecule has 1 atom stereocenters. The Kier molecular flexibility index (Phi) is 6.76. The molecule has 0 spiro atoms. The number of hydrogen-bond acceptors (Lipinski definition) is 2. The van der Waals surface area contributed by atoms with Gasteiger partial charge in [0.15, 0.2) is 0 Å². The summed E-state index contributed by atoms with van der Waals surface area (Å²) in [6.45, 7) is -0.479. The lowest BCUT2D eigenvalue weighted by atomic mass is 9.85. The first-order valence-corrected chi connectivity index (χ1v) is 6.11.